The molecular formula is C17H16FN3O5. The molecular weight excluding hydrogens is 345 g/mol. The third-order valence-corrected chi connectivity index (χ3v) is 3.67. The van der Waals surface area contributed by atoms with Crippen molar-refractivity contribution in [2.45, 2.75) is 12.5 Å². The largest absolute Gasteiger partial charge is 0.496 e. The number of halogens is 1. The molecule has 9 heteroatoms. The predicted molar refractivity (Wildman–Crippen MR) is 90.2 cm³/mol. The third-order valence-electron chi connectivity index (χ3n) is 3.67. The van der Waals surface area contributed by atoms with E-state index >= 15 is 0 Å². The Labute approximate surface area is 147 Å². The molecule has 26 heavy (non-hydrogen) atoms. The lowest BCUT2D eigenvalue weighted by molar-refractivity contribution is -0.384. The number of hydrogen-bond donors (Lipinski definition) is 2. The molecule has 0 saturated heterocycles. The Kier molecular flexibility index (Phi) is 5.84. The van der Waals surface area contributed by atoms with E-state index in [0.717, 1.165) is 6.07 Å². The van der Waals surface area contributed by atoms with Crippen LogP contribution in [-0.2, 0) is 11.2 Å². The van der Waals surface area contributed by atoms with Gasteiger partial charge in [-0.1, -0.05) is 12.1 Å². The summed E-state index contributed by atoms with van der Waals surface area (Å²) in [6, 6.07) is 7.91. The summed E-state index contributed by atoms with van der Waals surface area (Å²) in [4.78, 5) is 34.3. The van der Waals surface area contributed by atoms with Crippen molar-refractivity contribution in [2.24, 2.45) is 5.73 Å². The molecule has 0 heterocycles. The molecule has 2 amide bonds. The molecule has 0 fully saturated rings. The second-order valence-corrected chi connectivity index (χ2v) is 5.37. The zero-order valence-electron chi connectivity index (χ0n) is 13.8. The number of nitro benzene ring substituents is 1. The zero-order valence-corrected chi connectivity index (χ0v) is 13.8. The highest BCUT2D eigenvalue weighted by Gasteiger charge is 2.23. The molecule has 0 aromatic heterocycles. The van der Waals surface area contributed by atoms with Crippen molar-refractivity contribution in [2.75, 3.05) is 7.11 Å². The third kappa shape index (κ3) is 4.32. The Balaban J connectivity index is 2.27. The maximum Gasteiger partial charge on any atom is 0.269 e. The number of carbonyl (C=O) groups is 2. The molecule has 2 aromatic carbocycles. The van der Waals surface area contributed by atoms with Crippen LogP contribution in [0.4, 0.5) is 10.1 Å². The van der Waals surface area contributed by atoms with Gasteiger partial charge in [-0.3, -0.25) is 19.7 Å². The first-order valence-corrected chi connectivity index (χ1v) is 7.49. The number of carbonyl (C=O) groups excluding carboxylic acids is 2. The fraction of sp³-hybridized carbons (Fsp3) is 0.176. The number of methoxy groups -OCH3 is 1. The number of nitrogens with zero attached hydrogens (tertiary/aromatic N) is 1. The van der Waals surface area contributed by atoms with E-state index in [2.05, 4.69) is 5.32 Å². The Bertz CT molecular complexity index is 856. The van der Waals surface area contributed by atoms with Crippen LogP contribution in [-0.4, -0.2) is 29.9 Å². The molecule has 0 unspecified atom stereocenters. The van der Waals surface area contributed by atoms with Crippen LogP contribution in [0, 0.1) is 15.9 Å². The van der Waals surface area contributed by atoms with Gasteiger partial charge >= 0.3 is 0 Å². The van der Waals surface area contributed by atoms with Crippen molar-refractivity contribution in [1.82, 2.24) is 5.32 Å². The number of non-ortho nitro benzene ring substituents is 1. The standard InChI is InChI=1S/C17H16FN3O5/c1-26-15-7-6-11(21(24)25)8-10(15)9-14(16(19)22)20-17(23)12-4-2-3-5-13(12)18/h2-8,14H,9H2,1H3,(H2,19,22)(H,20,23)/t14-/m0/s1. The number of ether oxygens (including phenoxy) is 1. The molecule has 3 N–H and O–H groups in total. The van der Waals surface area contributed by atoms with Crippen LogP contribution in [0.15, 0.2) is 42.5 Å². The summed E-state index contributed by atoms with van der Waals surface area (Å²) in [6.45, 7) is 0. The molecule has 1 atom stereocenters. The van der Waals surface area contributed by atoms with Crippen LogP contribution in [0.25, 0.3) is 0 Å². The van der Waals surface area contributed by atoms with Crippen LogP contribution in [0.3, 0.4) is 0 Å². The average Bonchev–Trinajstić information content (AvgIpc) is 2.61. The van der Waals surface area contributed by atoms with Crippen LogP contribution in [0.1, 0.15) is 15.9 Å². The van der Waals surface area contributed by atoms with Gasteiger partial charge in [-0.15, -0.1) is 0 Å². The molecule has 136 valence electrons. The number of nitro groups is 1. The summed E-state index contributed by atoms with van der Waals surface area (Å²) < 4.78 is 18.8. The lowest BCUT2D eigenvalue weighted by atomic mass is 10.0. The second-order valence-electron chi connectivity index (χ2n) is 5.37. The highest BCUT2D eigenvalue weighted by atomic mass is 19.1. The van der Waals surface area contributed by atoms with Crippen molar-refractivity contribution in [3.8, 4) is 5.75 Å². The van der Waals surface area contributed by atoms with E-state index in [0.29, 0.717) is 11.3 Å². The fourth-order valence-corrected chi connectivity index (χ4v) is 2.36. The average molecular weight is 361 g/mol. The van der Waals surface area contributed by atoms with Gasteiger partial charge in [0.05, 0.1) is 17.6 Å². The highest BCUT2D eigenvalue weighted by molar-refractivity contribution is 5.97. The lowest BCUT2D eigenvalue weighted by Crippen LogP contribution is -2.46. The van der Waals surface area contributed by atoms with Gasteiger partial charge in [0.1, 0.15) is 17.6 Å². The van der Waals surface area contributed by atoms with Crippen LogP contribution in [0.5, 0.6) is 5.75 Å². The molecule has 0 bridgehead atoms. The number of benzene rings is 2. The Morgan fingerprint density at radius 3 is 2.58 bits per heavy atom. The molecule has 0 spiro atoms. The minimum Gasteiger partial charge on any atom is -0.496 e. The van der Waals surface area contributed by atoms with Crippen molar-refractivity contribution in [1.29, 1.82) is 0 Å². The summed E-state index contributed by atoms with van der Waals surface area (Å²) >= 11 is 0. The first-order valence-electron chi connectivity index (χ1n) is 7.49. The summed E-state index contributed by atoms with van der Waals surface area (Å²) in [5, 5.41) is 13.3. The lowest BCUT2D eigenvalue weighted by Gasteiger charge is -2.17. The fourth-order valence-electron chi connectivity index (χ4n) is 2.36. The maximum absolute atomic E-state index is 13.7. The maximum atomic E-state index is 13.7. The first-order chi connectivity index (χ1) is 12.3. The van der Waals surface area contributed by atoms with Gasteiger partial charge in [-0.05, 0) is 18.2 Å². The minimum absolute atomic E-state index is 0.152. The SMILES string of the molecule is COc1ccc([N+](=O)[O-])cc1C[C@H](NC(=O)c1ccccc1F)C(N)=O. The summed E-state index contributed by atoms with van der Waals surface area (Å²) in [5.74, 6) is -2.15. The molecule has 0 aliphatic rings. The molecule has 8 nitrogen and oxygen atoms in total. The zero-order chi connectivity index (χ0) is 19.3. The molecule has 2 rings (SSSR count). The van der Waals surface area contributed by atoms with Crippen molar-refractivity contribution < 1.29 is 23.6 Å². The molecule has 2 aromatic rings. The van der Waals surface area contributed by atoms with Crippen LogP contribution in [0.2, 0.25) is 0 Å². The molecule has 0 aliphatic carbocycles. The van der Waals surface area contributed by atoms with Crippen molar-refractivity contribution in [3.63, 3.8) is 0 Å². The topological polar surface area (TPSA) is 125 Å². The van der Waals surface area contributed by atoms with Gasteiger partial charge in [0.2, 0.25) is 5.91 Å². The van der Waals surface area contributed by atoms with Gasteiger partial charge in [0, 0.05) is 24.1 Å². The van der Waals surface area contributed by atoms with Gasteiger partial charge in [-0.25, -0.2) is 4.39 Å². The molecule has 0 aliphatic heterocycles. The Morgan fingerprint density at radius 2 is 2.00 bits per heavy atom. The first kappa shape index (κ1) is 18.8. The monoisotopic (exact) mass is 361 g/mol. The van der Waals surface area contributed by atoms with E-state index in [1.54, 1.807) is 0 Å². The number of hydrogen-bond acceptors (Lipinski definition) is 5. The van der Waals surface area contributed by atoms with Gasteiger partial charge in [0.15, 0.2) is 0 Å². The summed E-state index contributed by atoms with van der Waals surface area (Å²) in [5.41, 5.74) is 5.17. The van der Waals surface area contributed by atoms with Crippen LogP contribution >= 0.6 is 0 Å². The smallest absolute Gasteiger partial charge is 0.269 e. The van der Waals surface area contributed by atoms with Gasteiger partial charge in [0.25, 0.3) is 11.6 Å². The second kappa shape index (κ2) is 8.06. The highest BCUT2D eigenvalue weighted by Crippen LogP contribution is 2.25. The Hall–Kier alpha value is -3.49. The van der Waals surface area contributed by atoms with Gasteiger partial charge < -0.3 is 15.8 Å². The molecule has 0 saturated carbocycles. The van der Waals surface area contributed by atoms with Crippen molar-refractivity contribution in [3.05, 3.63) is 69.5 Å². The summed E-state index contributed by atoms with van der Waals surface area (Å²) in [7, 11) is 1.36. The van der Waals surface area contributed by atoms with E-state index in [1.165, 1.54) is 43.5 Å². The number of primary amides is 1. The number of nitrogens with two attached hydrogens (primary N) is 1. The number of amides is 2. The summed E-state index contributed by atoms with van der Waals surface area (Å²) in [6.07, 6.45) is -0.152. The predicted octanol–water partition coefficient (Wildman–Crippen LogP) is 1.57. The van der Waals surface area contributed by atoms with Crippen LogP contribution < -0.4 is 15.8 Å². The van der Waals surface area contributed by atoms with E-state index in [-0.39, 0.29) is 17.7 Å². The normalized spacial score (nSPS) is 11.5. The van der Waals surface area contributed by atoms with Gasteiger partial charge in [-0.2, -0.15) is 0 Å². The minimum atomic E-state index is -1.21. The van der Waals surface area contributed by atoms with E-state index in [4.69, 9.17) is 10.5 Å². The van der Waals surface area contributed by atoms with E-state index in [1.807, 2.05) is 0 Å². The van der Waals surface area contributed by atoms with E-state index in [9.17, 15) is 24.1 Å². The number of nitrogens with one attached hydrogen (secondary N) is 1. The molecule has 0 radical (unpaired) electrons. The van der Waals surface area contributed by atoms with Crippen molar-refractivity contribution >= 4 is 17.5 Å². The van der Waals surface area contributed by atoms with E-state index < -0.39 is 28.6 Å². The number of rotatable bonds is 7. The quantitative estimate of drug-likeness (QED) is 0.572. The Morgan fingerprint density at radius 1 is 1.31 bits per heavy atom.